The van der Waals surface area contributed by atoms with Gasteiger partial charge in [0.05, 0.1) is 6.54 Å². The second-order valence-electron chi connectivity index (χ2n) is 7.03. The Morgan fingerprint density at radius 3 is 2.57 bits per heavy atom. The van der Waals surface area contributed by atoms with Crippen molar-refractivity contribution in [2.24, 2.45) is 0 Å². The van der Waals surface area contributed by atoms with Gasteiger partial charge >= 0.3 is 0 Å². The van der Waals surface area contributed by atoms with Gasteiger partial charge in [-0.05, 0) is 44.9 Å². The SMILES string of the molecule is Cc1ccc(-c2noc(CN(C)C(=O)C(C)Oc3cccc(C)c3C)n2)cc1. The Balaban J connectivity index is 1.64. The van der Waals surface area contributed by atoms with E-state index in [9.17, 15) is 4.79 Å². The van der Waals surface area contributed by atoms with E-state index in [0.29, 0.717) is 17.5 Å². The van der Waals surface area contributed by atoms with E-state index in [4.69, 9.17) is 9.26 Å². The molecule has 1 aromatic heterocycles. The number of aryl methyl sites for hydroxylation is 2. The van der Waals surface area contributed by atoms with Gasteiger partial charge in [0.2, 0.25) is 11.7 Å². The summed E-state index contributed by atoms with van der Waals surface area (Å²) in [6.45, 7) is 7.98. The molecule has 6 heteroatoms. The number of hydrogen-bond acceptors (Lipinski definition) is 5. The zero-order valence-corrected chi connectivity index (χ0v) is 16.9. The van der Waals surface area contributed by atoms with Crippen molar-refractivity contribution in [2.75, 3.05) is 7.05 Å². The van der Waals surface area contributed by atoms with Crippen LogP contribution in [0.3, 0.4) is 0 Å². The average Bonchev–Trinajstić information content (AvgIpc) is 3.13. The van der Waals surface area contributed by atoms with Crippen LogP contribution in [-0.4, -0.2) is 34.1 Å². The highest BCUT2D eigenvalue weighted by atomic mass is 16.5. The van der Waals surface area contributed by atoms with E-state index in [2.05, 4.69) is 10.1 Å². The molecule has 0 bridgehead atoms. The summed E-state index contributed by atoms with van der Waals surface area (Å²) in [7, 11) is 1.70. The predicted molar refractivity (Wildman–Crippen MR) is 107 cm³/mol. The van der Waals surface area contributed by atoms with E-state index in [1.54, 1.807) is 14.0 Å². The van der Waals surface area contributed by atoms with Gasteiger partial charge in [-0.1, -0.05) is 47.1 Å². The summed E-state index contributed by atoms with van der Waals surface area (Å²) in [6.07, 6.45) is -0.620. The van der Waals surface area contributed by atoms with E-state index in [1.165, 1.54) is 4.90 Å². The van der Waals surface area contributed by atoms with E-state index < -0.39 is 6.10 Å². The van der Waals surface area contributed by atoms with Crippen LogP contribution in [0.2, 0.25) is 0 Å². The van der Waals surface area contributed by atoms with Crippen LogP contribution in [-0.2, 0) is 11.3 Å². The van der Waals surface area contributed by atoms with E-state index in [0.717, 1.165) is 22.3 Å². The van der Waals surface area contributed by atoms with Crippen molar-refractivity contribution in [3.8, 4) is 17.1 Å². The number of likely N-dealkylation sites (N-methyl/N-ethyl adjacent to an activating group) is 1. The molecule has 0 aliphatic carbocycles. The zero-order chi connectivity index (χ0) is 20.3. The van der Waals surface area contributed by atoms with Gasteiger partial charge in [0.1, 0.15) is 5.75 Å². The minimum absolute atomic E-state index is 0.156. The van der Waals surface area contributed by atoms with E-state index >= 15 is 0 Å². The van der Waals surface area contributed by atoms with Crippen molar-refractivity contribution in [2.45, 2.75) is 40.3 Å². The number of aromatic nitrogens is 2. The molecule has 0 aliphatic rings. The van der Waals surface area contributed by atoms with E-state index in [-0.39, 0.29) is 12.5 Å². The molecular formula is C22H25N3O3. The van der Waals surface area contributed by atoms with Crippen molar-refractivity contribution in [1.29, 1.82) is 0 Å². The topological polar surface area (TPSA) is 68.5 Å². The standard InChI is InChI=1S/C22H25N3O3/c1-14-9-11-18(12-10-14)21-23-20(28-24-21)13-25(5)22(26)17(4)27-19-8-6-7-15(2)16(19)3/h6-12,17H,13H2,1-5H3. The maximum Gasteiger partial charge on any atom is 0.263 e. The van der Waals surface area contributed by atoms with Gasteiger partial charge in [-0.25, -0.2) is 0 Å². The molecule has 1 unspecified atom stereocenters. The maximum absolute atomic E-state index is 12.7. The molecule has 3 rings (SSSR count). The Kier molecular flexibility index (Phi) is 5.78. The molecule has 0 aliphatic heterocycles. The fraction of sp³-hybridized carbons (Fsp3) is 0.318. The lowest BCUT2D eigenvalue weighted by molar-refractivity contribution is -0.137. The Morgan fingerprint density at radius 2 is 1.86 bits per heavy atom. The van der Waals surface area contributed by atoms with Crippen LogP contribution in [0.4, 0.5) is 0 Å². The molecule has 0 saturated heterocycles. The number of nitrogens with zero attached hydrogens (tertiary/aromatic N) is 3. The summed E-state index contributed by atoms with van der Waals surface area (Å²) in [4.78, 5) is 18.6. The molecule has 6 nitrogen and oxygen atoms in total. The molecular weight excluding hydrogens is 354 g/mol. The molecule has 0 fully saturated rings. The molecule has 1 heterocycles. The van der Waals surface area contributed by atoms with Crippen molar-refractivity contribution < 1.29 is 14.1 Å². The Bertz CT molecular complexity index is 963. The molecule has 2 aromatic carbocycles. The van der Waals surface area contributed by atoms with Crippen LogP contribution < -0.4 is 4.74 Å². The van der Waals surface area contributed by atoms with E-state index in [1.807, 2.05) is 63.2 Å². The van der Waals surface area contributed by atoms with Gasteiger partial charge in [-0.15, -0.1) is 0 Å². The first-order valence-corrected chi connectivity index (χ1v) is 9.22. The van der Waals surface area contributed by atoms with Crippen LogP contribution in [0, 0.1) is 20.8 Å². The van der Waals surface area contributed by atoms with Crippen molar-refractivity contribution in [3.63, 3.8) is 0 Å². The normalized spacial score (nSPS) is 11.9. The number of ether oxygens (including phenoxy) is 1. The van der Waals surface area contributed by atoms with Gasteiger partial charge < -0.3 is 14.2 Å². The van der Waals surface area contributed by atoms with Crippen molar-refractivity contribution in [3.05, 3.63) is 65.0 Å². The second kappa shape index (κ2) is 8.25. The third-order valence-electron chi connectivity index (χ3n) is 4.73. The lowest BCUT2D eigenvalue weighted by atomic mass is 10.1. The lowest BCUT2D eigenvalue weighted by Crippen LogP contribution is -2.37. The van der Waals surface area contributed by atoms with Crippen LogP contribution in [0.25, 0.3) is 11.4 Å². The smallest absolute Gasteiger partial charge is 0.263 e. The fourth-order valence-electron chi connectivity index (χ4n) is 2.82. The first kappa shape index (κ1) is 19.6. The highest BCUT2D eigenvalue weighted by Crippen LogP contribution is 2.22. The number of carbonyl (C=O) groups is 1. The summed E-state index contributed by atoms with van der Waals surface area (Å²) < 4.78 is 11.2. The summed E-state index contributed by atoms with van der Waals surface area (Å²) in [5.41, 5.74) is 4.20. The average molecular weight is 379 g/mol. The summed E-state index contributed by atoms with van der Waals surface area (Å²) >= 11 is 0. The number of benzene rings is 2. The van der Waals surface area contributed by atoms with Crippen molar-refractivity contribution in [1.82, 2.24) is 15.0 Å². The number of hydrogen-bond donors (Lipinski definition) is 0. The third kappa shape index (κ3) is 4.39. The summed E-state index contributed by atoms with van der Waals surface area (Å²) in [6, 6.07) is 13.7. The third-order valence-corrected chi connectivity index (χ3v) is 4.73. The molecule has 0 radical (unpaired) electrons. The maximum atomic E-state index is 12.7. The molecule has 1 amide bonds. The first-order valence-electron chi connectivity index (χ1n) is 9.22. The monoisotopic (exact) mass is 379 g/mol. The minimum atomic E-state index is -0.620. The van der Waals surface area contributed by atoms with Gasteiger partial charge in [0, 0.05) is 12.6 Å². The molecule has 0 N–H and O–H groups in total. The first-order chi connectivity index (χ1) is 13.3. The van der Waals surface area contributed by atoms with Gasteiger partial charge in [0.25, 0.3) is 5.91 Å². The highest BCUT2D eigenvalue weighted by Gasteiger charge is 2.22. The highest BCUT2D eigenvalue weighted by molar-refractivity contribution is 5.80. The van der Waals surface area contributed by atoms with Crippen LogP contribution in [0.1, 0.15) is 29.5 Å². The van der Waals surface area contributed by atoms with Crippen LogP contribution in [0.5, 0.6) is 5.75 Å². The van der Waals surface area contributed by atoms with Crippen molar-refractivity contribution >= 4 is 5.91 Å². The van der Waals surface area contributed by atoms with Crippen LogP contribution >= 0.6 is 0 Å². The largest absolute Gasteiger partial charge is 0.481 e. The van der Waals surface area contributed by atoms with Crippen LogP contribution in [0.15, 0.2) is 47.0 Å². The number of carbonyl (C=O) groups excluding carboxylic acids is 1. The van der Waals surface area contributed by atoms with Gasteiger partial charge in [-0.3, -0.25) is 4.79 Å². The zero-order valence-electron chi connectivity index (χ0n) is 16.9. The van der Waals surface area contributed by atoms with Gasteiger partial charge in [-0.2, -0.15) is 4.98 Å². The number of amides is 1. The summed E-state index contributed by atoms with van der Waals surface area (Å²) in [5, 5.41) is 4.01. The molecule has 0 spiro atoms. The fourth-order valence-corrected chi connectivity index (χ4v) is 2.82. The second-order valence-corrected chi connectivity index (χ2v) is 7.03. The summed E-state index contributed by atoms with van der Waals surface area (Å²) in [5.74, 6) is 1.45. The van der Waals surface area contributed by atoms with Gasteiger partial charge in [0.15, 0.2) is 6.10 Å². The number of rotatable bonds is 6. The quantitative estimate of drug-likeness (QED) is 0.645. The Morgan fingerprint density at radius 1 is 1.14 bits per heavy atom. The molecule has 1 atom stereocenters. The lowest BCUT2D eigenvalue weighted by Gasteiger charge is -2.21. The molecule has 28 heavy (non-hydrogen) atoms. The molecule has 146 valence electrons. The minimum Gasteiger partial charge on any atom is -0.481 e. The predicted octanol–water partition coefficient (Wildman–Crippen LogP) is 4.09. The molecule has 0 saturated carbocycles. The Labute approximate surface area is 165 Å². The molecule has 3 aromatic rings. The Hall–Kier alpha value is -3.15.